The van der Waals surface area contributed by atoms with Crippen molar-refractivity contribution in [3.8, 4) is 0 Å². The highest BCUT2D eigenvalue weighted by atomic mass is 14.9. The van der Waals surface area contributed by atoms with Gasteiger partial charge < -0.3 is 5.32 Å². The van der Waals surface area contributed by atoms with Crippen molar-refractivity contribution in [3.05, 3.63) is 12.2 Å². The van der Waals surface area contributed by atoms with E-state index in [1.54, 1.807) is 0 Å². The fraction of sp³-hybridized carbons (Fsp3) is 0.667. The zero-order chi connectivity index (χ0) is 8.53. The number of nitrogens with zero attached hydrogens (tertiary/aromatic N) is 1. The Hall–Kier alpha value is -0.630. The van der Waals surface area contributed by atoms with Gasteiger partial charge in [0, 0.05) is 6.04 Å². The minimum atomic E-state index is 0.465. The minimum absolute atomic E-state index is 0.465. The maximum Gasteiger partial charge on any atom is 0.0566 e. The molecule has 0 aromatic carbocycles. The van der Waals surface area contributed by atoms with Crippen LogP contribution in [-0.2, 0) is 0 Å². The summed E-state index contributed by atoms with van der Waals surface area (Å²) in [5, 5.41) is 3.28. The van der Waals surface area contributed by atoms with Crippen molar-refractivity contribution >= 4 is 6.21 Å². The lowest BCUT2D eigenvalue weighted by Gasteiger charge is -2.04. The third-order valence-corrected chi connectivity index (χ3v) is 1.34. The molecular weight excluding hydrogens is 136 g/mol. The first-order valence-corrected chi connectivity index (χ1v) is 4.15. The molecule has 0 heterocycles. The zero-order valence-corrected chi connectivity index (χ0v) is 7.67. The summed E-state index contributed by atoms with van der Waals surface area (Å²) in [7, 11) is 0. The number of hydrogen-bond acceptors (Lipinski definition) is 2. The molecule has 0 amide bonds. The van der Waals surface area contributed by atoms with Gasteiger partial charge in [-0.25, -0.2) is 0 Å². The highest BCUT2D eigenvalue weighted by Crippen LogP contribution is 1.84. The van der Waals surface area contributed by atoms with Gasteiger partial charge in [-0.15, -0.1) is 0 Å². The predicted molar refractivity (Wildman–Crippen MR) is 51.3 cm³/mol. The topological polar surface area (TPSA) is 24.4 Å². The molecule has 0 aliphatic heterocycles. The Kier molecular flexibility index (Phi) is 7.05. The third-order valence-electron chi connectivity index (χ3n) is 1.34. The molecule has 0 aromatic rings. The van der Waals surface area contributed by atoms with Gasteiger partial charge in [0.25, 0.3) is 0 Å². The number of nitrogens with one attached hydrogen (secondary N) is 1. The molecule has 11 heavy (non-hydrogen) atoms. The summed E-state index contributed by atoms with van der Waals surface area (Å²) < 4.78 is 0. The highest BCUT2D eigenvalue weighted by molar-refractivity contribution is 5.53. The van der Waals surface area contributed by atoms with Gasteiger partial charge in [-0.3, -0.25) is 4.99 Å². The van der Waals surface area contributed by atoms with Gasteiger partial charge in [0.2, 0.25) is 0 Å². The minimum Gasteiger partial charge on any atom is -0.311 e. The van der Waals surface area contributed by atoms with Crippen LogP contribution in [0.1, 0.15) is 20.8 Å². The van der Waals surface area contributed by atoms with E-state index in [4.69, 9.17) is 0 Å². The number of hydrogen-bond donors (Lipinski definition) is 1. The summed E-state index contributed by atoms with van der Waals surface area (Å²) in [4.78, 5) is 4.06. The maximum atomic E-state index is 4.06. The quantitative estimate of drug-likeness (QED) is 0.472. The van der Waals surface area contributed by atoms with Crippen LogP contribution >= 0.6 is 0 Å². The second-order valence-electron chi connectivity index (χ2n) is 2.40. The molecule has 0 radical (unpaired) electrons. The van der Waals surface area contributed by atoms with Gasteiger partial charge in [-0.2, -0.15) is 0 Å². The third kappa shape index (κ3) is 7.26. The Balaban J connectivity index is 3.39. The molecule has 0 aliphatic carbocycles. The number of aliphatic imine (C=N–C) groups is 1. The van der Waals surface area contributed by atoms with Crippen LogP contribution in [-0.4, -0.2) is 25.3 Å². The van der Waals surface area contributed by atoms with E-state index in [-0.39, 0.29) is 0 Å². The van der Waals surface area contributed by atoms with Gasteiger partial charge in [0.15, 0.2) is 0 Å². The lowest BCUT2D eigenvalue weighted by molar-refractivity contribution is 0.660. The van der Waals surface area contributed by atoms with E-state index in [1.807, 2.05) is 13.1 Å². The summed E-state index contributed by atoms with van der Waals surface area (Å²) in [6.07, 6.45) is 6.03. The van der Waals surface area contributed by atoms with Gasteiger partial charge in [-0.05, 0) is 26.6 Å². The second-order valence-corrected chi connectivity index (χ2v) is 2.40. The van der Waals surface area contributed by atoms with Crippen LogP contribution < -0.4 is 5.32 Å². The van der Waals surface area contributed by atoms with E-state index >= 15 is 0 Å². The number of likely N-dealkylation sites (N-methyl/N-ethyl adjacent to an activating group) is 1. The van der Waals surface area contributed by atoms with Crippen molar-refractivity contribution in [2.75, 3.05) is 13.1 Å². The first-order valence-electron chi connectivity index (χ1n) is 4.15. The molecule has 0 saturated heterocycles. The Bertz CT molecular complexity index is 128. The Morgan fingerprint density at radius 3 is 2.82 bits per heavy atom. The normalized spacial score (nSPS) is 14.8. The molecule has 0 rings (SSSR count). The predicted octanol–water partition coefficient (Wildman–Crippen LogP) is 1.63. The molecule has 2 nitrogen and oxygen atoms in total. The molecule has 1 atom stereocenters. The van der Waals surface area contributed by atoms with E-state index in [0.717, 1.165) is 13.1 Å². The molecule has 0 aromatic heterocycles. The molecule has 2 heteroatoms. The fourth-order valence-electron chi connectivity index (χ4n) is 0.821. The molecule has 0 bridgehead atoms. The van der Waals surface area contributed by atoms with Crippen molar-refractivity contribution in [2.24, 2.45) is 4.99 Å². The second kappa shape index (κ2) is 7.48. The van der Waals surface area contributed by atoms with E-state index < -0.39 is 0 Å². The van der Waals surface area contributed by atoms with Crippen LogP contribution in [0.2, 0.25) is 0 Å². The van der Waals surface area contributed by atoms with Gasteiger partial charge >= 0.3 is 0 Å². The molecule has 0 aliphatic rings. The first-order chi connectivity index (χ1) is 5.31. The Morgan fingerprint density at radius 1 is 1.55 bits per heavy atom. The van der Waals surface area contributed by atoms with Crippen LogP contribution in [0.15, 0.2) is 17.1 Å². The summed E-state index contributed by atoms with van der Waals surface area (Å²) >= 11 is 0. The van der Waals surface area contributed by atoms with Crippen LogP contribution in [0.3, 0.4) is 0 Å². The van der Waals surface area contributed by atoms with Crippen LogP contribution in [0, 0.1) is 0 Å². The molecular formula is C9H18N2. The van der Waals surface area contributed by atoms with E-state index in [2.05, 4.69) is 36.3 Å². The lowest BCUT2D eigenvalue weighted by Crippen LogP contribution is -2.23. The molecule has 1 unspecified atom stereocenters. The average Bonchev–Trinajstić information content (AvgIpc) is 1.99. The van der Waals surface area contributed by atoms with Crippen molar-refractivity contribution in [1.82, 2.24) is 5.32 Å². The van der Waals surface area contributed by atoms with E-state index in [1.165, 1.54) is 0 Å². The summed E-state index contributed by atoms with van der Waals surface area (Å²) in [5.41, 5.74) is 0. The monoisotopic (exact) mass is 154 g/mol. The number of rotatable bonds is 5. The van der Waals surface area contributed by atoms with Gasteiger partial charge in [-0.1, -0.05) is 19.1 Å². The standard InChI is InChI=1S/C9H18N2/c1-4-10-8-6-7-9(3)11-5-2/h4,6-7,9,11H,5,8H2,1-3H3/b7-6?,10-4+. The Morgan fingerprint density at radius 2 is 2.27 bits per heavy atom. The van der Waals surface area contributed by atoms with Crippen molar-refractivity contribution in [3.63, 3.8) is 0 Å². The van der Waals surface area contributed by atoms with Gasteiger partial charge in [0.05, 0.1) is 6.54 Å². The highest BCUT2D eigenvalue weighted by Gasteiger charge is 1.89. The first kappa shape index (κ1) is 10.4. The van der Waals surface area contributed by atoms with Crippen LogP contribution in [0.25, 0.3) is 0 Å². The molecule has 1 N–H and O–H groups in total. The average molecular weight is 154 g/mol. The molecule has 0 fully saturated rings. The summed E-state index contributed by atoms with van der Waals surface area (Å²) in [6.45, 7) is 7.99. The maximum absolute atomic E-state index is 4.06. The SMILES string of the molecule is C/C=N/CC=CC(C)NCC. The largest absolute Gasteiger partial charge is 0.311 e. The molecule has 0 spiro atoms. The summed E-state index contributed by atoms with van der Waals surface area (Å²) in [6, 6.07) is 0.465. The van der Waals surface area contributed by atoms with Crippen molar-refractivity contribution in [1.29, 1.82) is 0 Å². The Labute approximate surface area is 69.4 Å². The fourth-order valence-corrected chi connectivity index (χ4v) is 0.821. The van der Waals surface area contributed by atoms with Crippen LogP contribution in [0.5, 0.6) is 0 Å². The van der Waals surface area contributed by atoms with Gasteiger partial charge in [0.1, 0.15) is 0 Å². The van der Waals surface area contributed by atoms with Crippen molar-refractivity contribution < 1.29 is 0 Å². The molecule has 0 saturated carbocycles. The smallest absolute Gasteiger partial charge is 0.0566 e. The van der Waals surface area contributed by atoms with E-state index in [9.17, 15) is 0 Å². The van der Waals surface area contributed by atoms with Crippen molar-refractivity contribution in [2.45, 2.75) is 26.8 Å². The van der Waals surface area contributed by atoms with Crippen LogP contribution in [0.4, 0.5) is 0 Å². The molecule has 64 valence electrons. The van der Waals surface area contributed by atoms with E-state index in [0.29, 0.717) is 6.04 Å². The lowest BCUT2D eigenvalue weighted by atomic mass is 10.3. The summed E-state index contributed by atoms with van der Waals surface area (Å²) in [5.74, 6) is 0. The zero-order valence-electron chi connectivity index (χ0n) is 7.67.